The molecule has 0 radical (unpaired) electrons. The first kappa shape index (κ1) is 44.3. The summed E-state index contributed by atoms with van der Waals surface area (Å²) >= 11 is 0. The third-order valence-electron chi connectivity index (χ3n) is 0. The molecule has 0 amide bonds. The normalized spacial score (nSPS) is 5.80. The molecule has 8 nitrogen and oxygen atoms in total. The average molecular weight is 337 g/mol. The second-order valence-electron chi connectivity index (χ2n) is 0.408. The van der Waals surface area contributed by atoms with Gasteiger partial charge in [0.2, 0.25) is 0 Å². The van der Waals surface area contributed by atoms with Gasteiger partial charge >= 0.3 is 36.9 Å². The van der Waals surface area contributed by atoms with E-state index in [9.17, 15) is 0 Å². The largest absolute Gasteiger partial charge is 3.00 e. The standard InChI is InChI=1S/H2O4S.4H2O.Tm/c1-5(2,3)4;;;;;/h(H2,1,2,3,4);4*1H2;/q;;;;;+3/p-2. The monoisotopic (exact) mass is 337 g/mol. The van der Waals surface area contributed by atoms with Gasteiger partial charge in [-0.15, -0.1) is 0 Å². The van der Waals surface area contributed by atoms with E-state index in [-0.39, 0.29) is 58.8 Å². The van der Waals surface area contributed by atoms with Crippen molar-refractivity contribution in [2.75, 3.05) is 0 Å². The van der Waals surface area contributed by atoms with Crippen molar-refractivity contribution < 1.29 is 76.3 Å². The topological polar surface area (TPSA) is 206 Å². The first-order chi connectivity index (χ1) is 2.00. The van der Waals surface area contributed by atoms with Crippen LogP contribution in [-0.4, -0.2) is 39.4 Å². The molecule has 0 aromatic rings. The molecule has 0 aromatic heterocycles. The quantitative estimate of drug-likeness (QED) is 0.315. The molecule has 10 heavy (non-hydrogen) atoms. The Labute approximate surface area is 86.2 Å². The van der Waals surface area contributed by atoms with E-state index in [2.05, 4.69) is 0 Å². The Morgan fingerprint density at radius 3 is 0.800 bits per heavy atom. The van der Waals surface area contributed by atoms with Crippen molar-refractivity contribution in [1.82, 2.24) is 0 Å². The van der Waals surface area contributed by atoms with Gasteiger partial charge in [0, 0.05) is 10.4 Å². The Kier molecular flexibility index (Phi) is 73.0. The van der Waals surface area contributed by atoms with Crippen molar-refractivity contribution in [3.05, 3.63) is 0 Å². The van der Waals surface area contributed by atoms with E-state index in [0.717, 1.165) is 0 Å². The summed E-state index contributed by atoms with van der Waals surface area (Å²) in [7, 11) is -5.17. The minimum atomic E-state index is -5.17. The molecule has 0 rings (SSSR count). The molecular formula is H8O8STm+. The smallest absolute Gasteiger partial charge is 0.759 e. The molecule has 0 atom stereocenters. The van der Waals surface area contributed by atoms with E-state index in [1.165, 1.54) is 0 Å². The Balaban J connectivity index is -0.00000000800. The molecule has 0 saturated carbocycles. The van der Waals surface area contributed by atoms with Gasteiger partial charge in [-0.25, -0.2) is 0 Å². The first-order valence-electron chi connectivity index (χ1n) is 0.667. The molecule has 0 aromatic carbocycles. The van der Waals surface area contributed by atoms with Gasteiger partial charge in [-0.1, -0.05) is 0 Å². The molecule has 74 valence electrons. The van der Waals surface area contributed by atoms with Crippen LogP contribution in [0.15, 0.2) is 0 Å². The molecule has 0 aliphatic heterocycles. The average Bonchev–Trinajstić information content (AvgIpc) is 0.722. The first-order valence-corrected chi connectivity index (χ1v) is 2.00. The summed E-state index contributed by atoms with van der Waals surface area (Å²) in [4.78, 5) is 0. The van der Waals surface area contributed by atoms with E-state index in [1.807, 2.05) is 0 Å². The van der Waals surface area contributed by atoms with Crippen molar-refractivity contribution in [2.45, 2.75) is 0 Å². The van der Waals surface area contributed by atoms with Gasteiger partial charge in [-0.05, 0) is 0 Å². The Hall–Kier alpha value is 0.944. The fraction of sp³-hybridized carbons (Fsp3) is 0. The van der Waals surface area contributed by atoms with Gasteiger partial charge < -0.3 is 31.0 Å². The van der Waals surface area contributed by atoms with E-state index >= 15 is 0 Å². The molecular weight excluding hydrogens is 329 g/mol. The fourth-order valence-electron chi connectivity index (χ4n) is 0. The van der Waals surface area contributed by atoms with Crippen LogP contribution < -0.4 is 0 Å². The van der Waals surface area contributed by atoms with Crippen LogP contribution in [0.4, 0.5) is 0 Å². The summed E-state index contributed by atoms with van der Waals surface area (Å²) < 4.78 is 34.1. The SMILES string of the molecule is O.O.O.O.O=S(=O)([O-])[O-].[Tm+3]. The van der Waals surface area contributed by atoms with E-state index in [0.29, 0.717) is 0 Å². The van der Waals surface area contributed by atoms with Crippen LogP contribution in [-0.2, 0) is 10.4 Å². The Bertz CT molecular complexity index is 92.4. The summed E-state index contributed by atoms with van der Waals surface area (Å²) in [6, 6.07) is 0. The van der Waals surface area contributed by atoms with Crippen molar-refractivity contribution >= 4 is 10.4 Å². The van der Waals surface area contributed by atoms with E-state index in [4.69, 9.17) is 17.5 Å². The van der Waals surface area contributed by atoms with Crippen LogP contribution in [0, 0.1) is 36.9 Å². The minimum absolute atomic E-state index is 0. The predicted octanol–water partition coefficient (Wildman–Crippen LogP) is -4.64. The van der Waals surface area contributed by atoms with Gasteiger partial charge in [0.1, 0.15) is 0 Å². The minimum Gasteiger partial charge on any atom is -0.759 e. The molecule has 0 spiro atoms. The number of hydrogen-bond donors (Lipinski definition) is 0. The van der Waals surface area contributed by atoms with Gasteiger partial charge in [0.25, 0.3) is 0 Å². The Morgan fingerprint density at radius 2 is 0.800 bits per heavy atom. The van der Waals surface area contributed by atoms with Crippen molar-refractivity contribution in [2.24, 2.45) is 0 Å². The predicted molar refractivity (Wildman–Crippen MR) is 24.9 cm³/mol. The van der Waals surface area contributed by atoms with E-state index in [1.54, 1.807) is 0 Å². The zero-order valence-electron chi connectivity index (χ0n) is 4.32. The van der Waals surface area contributed by atoms with Crippen LogP contribution in [0.25, 0.3) is 0 Å². The van der Waals surface area contributed by atoms with Gasteiger partial charge in [-0.2, -0.15) is 0 Å². The molecule has 0 aliphatic rings. The molecule has 10 heteroatoms. The number of rotatable bonds is 0. The molecule has 0 unspecified atom stereocenters. The van der Waals surface area contributed by atoms with Crippen molar-refractivity contribution in [3.63, 3.8) is 0 Å². The second-order valence-corrected chi connectivity index (χ2v) is 1.22. The maximum Gasteiger partial charge on any atom is 3.00 e. The molecule has 0 fully saturated rings. The zero-order chi connectivity index (χ0) is 4.50. The van der Waals surface area contributed by atoms with Crippen molar-refractivity contribution in [3.8, 4) is 0 Å². The maximum atomic E-state index is 8.52. The Morgan fingerprint density at radius 1 is 0.800 bits per heavy atom. The number of hydrogen-bond acceptors (Lipinski definition) is 4. The van der Waals surface area contributed by atoms with Gasteiger partial charge in [0.15, 0.2) is 0 Å². The van der Waals surface area contributed by atoms with Crippen molar-refractivity contribution in [1.29, 1.82) is 0 Å². The van der Waals surface area contributed by atoms with Gasteiger partial charge in [0.05, 0.1) is 0 Å². The van der Waals surface area contributed by atoms with E-state index < -0.39 is 10.4 Å². The van der Waals surface area contributed by atoms with Crippen LogP contribution in [0.5, 0.6) is 0 Å². The summed E-state index contributed by atoms with van der Waals surface area (Å²) in [6.07, 6.45) is 0. The fourth-order valence-corrected chi connectivity index (χ4v) is 0. The third kappa shape index (κ3) is 634. The third-order valence-corrected chi connectivity index (χ3v) is 0. The van der Waals surface area contributed by atoms with Crippen LogP contribution >= 0.6 is 0 Å². The molecule has 0 aliphatic carbocycles. The van der Waals surface area contributed by atoms with Crippen LogP contribution in [0.2, 0.25) is 0 Å². The summed E-state index contributed by atoms with van der Waals surface area (Å²) in [6.45, 7) is 0. The van der Waals surface area contributed by atoms with Crippen LogP contribution in [0.1, 0.15) is 0 Å². The molecule has 0 heterocycles. The maximum absolute atomic E-state index is 8.52. The molecule has 0 bridgehead atoms. The van der Waals surface area contributed by atoms with Crippen LogP contribution in [0.3, 0.4) is 0 Å². The summed E-state index contributed by atoms with van der Waals surface area (Å²) in [5.41, 5.74) is 0. The van der Waals surface area contributed by atoms with Gasteiger partial charge in [-0.3, -0.25) is 8.42 Å². The molecule has 0 saturated heterocycles. The zero-order valence-corrected chi connectivity index (χ0v) is 6.91. The second kappa shape index (κ2) is 16.5. The molecule has 8 N–H and O–H groups in total. The summed E-state index contributed by atoms with van der Waals surface area (Å²) in [5, 5.41) is 0. The summed E-state index contributed by atoms with van der Waals surface area (Å²) in [5.74, 6) is 0.